The van der Waals surface area contributed by atoms with Crippen LogP contribution in [-0.4, -0.2) is 22.7 Å². The van der Waals surface area contributed by atoms with Gasteiger partial charge in [-0.05, 0) is 15.9 Å². The van der Waals surface area contributed by atoms with Crippen molar-refractivity contribution in [3.63, 3.8) is 0 Å². The van der Waals surface area contributed by atoms with Crippen LogP contribution in [0.25, 0.3) is 0 Å². The molecule has 0 spiro atoms. The van der Waals surface area contributed by atoms with E-state index in [-0.39, 0.29) is 16.7 Å². The largest absolute Gasteiger partial charge is 0.397 e. The van der Waals surface area contributed by atoms with Gasteiger partial charge in [0.2, 0.25) is 5.91 Å². The molecule has 1 aromatic heterocycles. The summed E-state index contributed by atoms with van der Waals surface area (Å²) in [5.74, 6) is 0.420. The van der Waals surface area contributed by atoms with Crippen molar-refractivity contribution in [2.75, 3.05) is 17.2 Å². The van der Waals surface area contributed by atoms with E-state index in [1.54, 1.807) is 0 Å². The van der Waals surface area contributed by atoms with Gasteiger partial charge in [0.25, 0.3) is 0 Å². The summed E-state index contributed by atoms with van der Waals surface area (Å²) in [4.78, 5) is 17.4. The minimum atomic E-state index is -0.0338. The molecule has 2 rings (SSSR count). The van der Waals surface area contributed by atoms with E-state index in [9.17, 15) is 4.79 Å². The molecule has 1 saturated heterocycles. The summed E-state index contributed by atoms with van der Waals surface area (Å²) in [6.45, 7) is 0.507. The van der Waals surface area contributed by atoms with E-state index in [1.807, 2.05) is 6.07 Å². The highest BCUT2D eigenvalue weighted by atomic mass is 79.9. The second kappa shape index (κ2) is 4.55. The smallest absolute Gasteiger partial charge is 0.229 e. The Kier molecular flexibility index (Phi) is 3.26. The topological polar surface area (TPSA) is 83.0 Å². The van der Waals surface area contributed by atoms with Gasteiger partial charge in [-0.2, -0.15) is 17.9 Å². The summed E-state index contributed by atoms with van der Waals surface area (Å²) in [6.07, 6.45) is 0.391. The van der Waals surface area contributed by atoms with E-state index in [0.29, 0.717) is 29.1 Å². The zero-order valence-corrected chi connectivity index (χ0v) is 11.2. The SMILES string of the molecule is N#Cc1c(N)cc(N2CC(S)CC2=O)nc1Br. The first-order valence-corrected chi connectivity index (χ1v) is 6.18. The van der Waals surface area contributed by atoms with Gasteiger partial charge in [-0.15, -0.1) is 0 Å². The normalized spacial score (nSPS) is 19.5. The first kappa shape index (κ1) is 12.2. The molecule has 5 nitrogen and oxygen atoms in total. The third-order valence-corrected chi connectivity index (χ3v) is 3.40. The molecule has 17 heavy (non-hydrogen) atoms. The Hall–Kier alpha value is -1.26. The van der Waals surface area contributed by atoms with Gasteiger partial charge >= 0.3 is 0 Å². The van der Waals surface area contributed by atoms with Crippen molar-refractivity contribution in [3.05, 3.63) is 16.2 Å². The lowest BCUT2D eigenvalue weighted by Crippen LogP contribution is -2.26. The summed E-state index contributed by atoms with van der Waals surface area (Å²) >= 11 is 7.44. The highest BCUT2D eigenvalue weighted by Crippen LogP contribution is 2.28. The molecular formula is C10H9BrN4OS. The number of rotatable bonds is 1. The third-order valence-electron chi connectivity index (χ3n) is 2.49. The lowest BCUT2D eigenvalue weighted by atomic mass is 10.2. The number of hydrogen-bond acceptors (Lipinski definition) is 5. The van der Waals surface area contributed by atoms with Gasteiger partial charge in [0.15, 0.2) is 0 Å². The van der Waals surface area contributed by atoms with E-state index in [1.165, 1.54) is 11.0 Å². The molecule has 1 amide bonds. The average Bonchev–Trinajstić information content (AvgIpc) is 2.57. The van der Waals surface area contributed by atoms with Crippen LogP contribution < -0.4 is 10.6 Å². The Morgan fingerprint density at radius 3 is 2.88 bits per heavy atom. The van der Waals surface area contributed by atoms with Crippen molar-refractivity contribution >= 4 is 46.0 Å². The number of nitrogen functional groups attached to an aromatic ring is 1. The van der Waals surface area contributed by atoms with Crippen LogP contribution in [0.4, 0.5) is 11.5 Å². The number of carbonyl (C=O) groups is 1. The summed E-state index contributed by atoms with van der Waals surface area (Å²) in [5.41, 5.74) is 6.32. The standard InChI is InChI=1S/C10H9BrN4OS/c11-10-6(3-12)7(13)2-8(14-10)15-4-5(17)1-9(15)16/h2,5,17H,1,4H2,(H2,13,14). The zero-order valence-electron chi connectivity index (χ0n) is 8.72. The van der Waals surface area contributed by atoms with Crippen molar-refractivity contribution in [2.45, 2.75) is 11.7 Å². The van der Waals surface area contributed by atoms with E-state index in [2.05, 4.69) is 33.5 Å². The lowest BCUT2D eigenvalue weighted by Gasteiger charge is -2.16. The minimum Gasteiger partial charge on any atom is -0.397 e. The molecule has 0 aliphatic carbocycles. The first-order valence-electron chi connectivity index (χ1n) is 4.87. The van der Waals surface area contributed by atoms with Crippen molar-refractivity contribution < 1.29 is 4.79 Å². The molecule has 2 heterocycles. The quantitative estimate of drug-likeness (QED) is 0.605. The van der Waals surface area contributed by atoms with E-state index in [4.69, 9.17) is 11.0 Å². The molecule has 1 aromatic rings. The summed E-state index contributed by atoms with van der Waals surface area (Å²) in [7, 11) is 0. The zero-order chi connectivity index (χ0) is 12.6. The van der Waals surface area contributed by atoms with Crippen LogP contribution >= 0.6 is 28.6 Å². The predicted molar refractivity (Wildman–Crippen MR) is 70.8 cm³/mol. The third kappa shape index (κ3) is 2.23. The Balaban J connectivity index is 2.42. The molecule has 1 aliphatic heterocycles. The van der Waals surface area contributed by atoms with Crippen LogP contribution in [0.3, 0.4) is 0 Å². The van der Waals surface area contributed by atoms with Gasteiger partial charge in [-0.3, -0.25) is 9.69 Å². The summed E-state index contributed by atoms with van der Waals surface area (Å²) in [5, 5.41) is 8.87. The fourth-order valence-electron chi connectivity index (χ4n) is 1.68. The van der Waals surface area contributed by atoms with Gasteiger partial charge in [0.05, 0.1) is 5.69 Å². The molecule has 0 bridgehead atoms. The number of carbonyl (C=O) groups excluding carboxylic acids is 1. The van der Waals surface area contributed by atoms with Gasteiger partial charge in [0.1, 0.15) is 22.1 Å². The number of anilines is 2. The van der Waals surface area contributed by atoms with Gasteiger partial charge < -0.3 is 5.73 Å². The van der Waals surface area contributed by atoms with Crippen LogP contribution in [-0.2, 0) is 4.79 Å². The van der Waals surface area contributed by atoms with E-state index >= 15 is 0 Å². The van der Waals surface area contributed by atoms with E-state index in [0.717, 1.165) is 0 Å². The second-order valence-electron chi connectivity index (χ2n) is 3.71. The second-order valence-corrected chi connectivity index (χ2v) is 5.19. The summed E-state index contributed by atoms with van der Waals surface area (Å²) < 4.78 is 0.352. The average molecular weight is 313 g/mol. The van der Waals surface area contributed by atoms with Crippen LogP contribution in [0, 0.1) is 11.3 Å². The highest BCUT2D eigenvalue weighted by Gasteiger charge is 2.29. The number of aromatic nitrogens is 1. The number of nitriles is 1. The number of amides is 1. The monoisotopic (exact) mass is 312 g/mol. The molecule has 0 saturated carbocycles. The molecule has 1 unspecified atom stereocenters. The van der Waals surface area contributed by atoms with Crippen molar-refractivity contribution in [2.24, 2.45) is 0 Å². The maximum atomic E-state index is 11.7. The van der Waals surface area contributed by atoms with Crippen molar-refractivity contribution in [1.82, 2.24) is 4.98 Å². The van der Waals surface area contributed by atoms with E-state index < -0.39 is 0 Å². The molecule has 1 fully saturated rings. The number of thiol groups is 1. The van der Waals surface area contributed by atoms with Crippen LogP contribution in [0.1, 0.15) is 12.0 Å². The fourth-order valence-corrected chi connectivity index (χ4v) is 2.50. The number of hydrogen-bond donors (Lipinski definition) is 2. The molecule has 2 N–H and O–H groups in total. The number of nitrogens with zero attached hydrogens (tertiary/aromatic N) is 3. The predicted octanol–water partition coefficient (Wildman–Crippen LogP) is 1.33. The van der Waals surface area contributed by atoms with Gasteiger partial charge in [0, 0.05) is 24.3 Å². The van der Waals surface area contributed by atoms with Gasteiger partial charge in [-0.1, -0.05) is 0 Å². The Bertz CT molecular complexity index is 505. The molecule has 7 heteroatoms. The van der Waals surface area contributed by atoms with Crippen LogP contribution in [0.5, 0.6) is 0 Å². The first-order chi connectivity index (χ1) is 8.02. The van der Waals surface area contributed by atoms with Crippen LogP contribution in [0.15, 0.2) is 10.7 Å². The maximum absolute atomic E-state index is 11.7. The number of nitrogens with two attached hydrogens (primary N) is 1. The Labute approximate surface area is 112 Å². The van der Waals surface area contributed by atoms with Crippen LogP contribution in [0.2, 0.25) is 0 Å². The lowest BCUT2D eigenvalue weighted by molar-refractivity contribution is -0.117. The van der Waals surface area contributed by atoms with Crippen molar-refractivity contribution in [1.29, 1.82) is 5.26 Å². The Morgan fingerprint density at radius 1 is 1.71 bits per heavy atom. The molecule has 88 valence electrons. The van der Waals surface area contributed by atoms with Crippen molar-refractivity contribution in [3.8, 4) is 6.07 Å². The molecule has 1 aliphatic rings. The molecule has 1 atom stereocenters. The Morgan fingerprint density at radius 2 is 2.41 bits per heavy atom. The van der Waals surface area contributed by atoms with Gasteiger partial charge in [-0.25, -0.2) is 4.98 Å². The molecule has 0 radical (unpaired) electrons. The molecule has 0 aromatic carbocycles. The number of pyridine rings is 1. The summed E-state index contributed by atoms with van der Waals surface area (Å²) in [6, 6.07) is 3.48. The number of halogens is 1. The highest BCUT2D eigenvalue weighted by molar-refractivity contribution is 9.10. The maximum Gasteiger partial charge on any atom is 0.229 e. The fraction of sp³-hybridized carbons (Fsp3) is 0.300. The molecular weight excluding hydrogens is 304 g/mol. The minimum absolute atomic E-state index is 0.0138.